The summed E-state index contributed by atoms with van der Waals surface area (Å²) in [5, 5.41) is 0. The maximum atomic E-state index is 11.8. The van der Waals surface area contributed by atoms with Crippen molar-refractivity contribution in [2.45, 2.75) is 37.6 Å². The predicted octanol–water partition coefficient (Wildman–Crippen LogP) is -0.508. The molecule has 0 aliphatic carbocycles. The molecule has 20 heavy (non-hydrogen) atoms. The molecule has 8 nitrogen and oxygen atoms in total. The fourth-order valence-electron chi connectivity index (χ4n) is 2.14. The van der Waals surface area contributed by atoms with Crippen LogP contribution in [0.15, 0.2) is 0 Å². The Bertz CT molecular complexity index is 344. The van der Waals surface area contributed by atoms with E-state index in [2.05, 4.69) is 4.74 Å². The lowest BCUT2D eigenvalue weighted by Crippen LogP contribution is -2.62. The number of hydrogen-bond donors (Lipinski definition) is 0. The van der Waals surface area contributed by atoms with E-state index >= 15 is 0 Å². The van der Waals surface area contributed by atoms with E-state index < -0.39 is 42.6 Å². The van der Waals surface area contributed by atoms with Crippen molar-refractivity contribution in [1.29, 1.82) is 0 Å². The summed E-state index contributed by atoms with van der Waals surface area (Å²) >= 11 is 0. The fraction of sp³-hybridized carbons (Fsp3) is 0.833. The Labute approximate surface area is 117 Å². The number of carbonyl (C=O) groups excluding carboxylic acids is 2. The summed E-state index contributed by atoms with van der Waals surface area (Å²) in [4.78, 5) is 23.0. The van der Waals surface area contributed by atoms with E-state index in [1.54, 1.807) is 0 Å². The number of carbonyl (C=O) groups is 2. The van der Waals surface area contributed by atoms with Gasteiger partial charge in [0.05, 0.1) is 7.11 Å². The van der Waals surface area contributed by atoms with Gasteiger partial charge in [0.2, 0.25) is 0 Å². The molecule has 0 aromatic carbocycles. The van der Waals surface area contributed by atoms with Crippen LogP contribution in [0.25, 0.3) is 0 Å². The molecule has 116 valence electrons. The van der Waals surface area contributed by atoms with Gasteiger partial charge in [0, 0.05) is 28.3 Å². The van der Waals surface area contributed by atoms with E-state index in [1.165, 1.54) is 35.4 Å². The Morgan fingerprint density at radius 1 is 0.900 bits per heavy atom. The Morgan fingerprint density at radius 3 is 1.90 bits per heavy atom. The maximum Gasteiger partial charge on any atom is 0.339 e. The molecule has 0 radical (unpaired) electrons. The molecule has 0 amide bonds. The van der Waals surface area contributed by atoms with E-state index in [4.69, 9.17) is 23.7 Å². The van der Waals surface area contributed by atoms with Crippen LogP contribution >= 0.6 is 0 Å². The van der Waals surface area contributed by atoms with Crippen molar-refractivity contribution in [2.24, 2.45) is 0 Å². The van der Waals surface area contributed by atoms with Gasteiger partial charge in [0.1, 0.15) is 12.2 Å². The summed E-state index contributed by atoms with van der Waals surface area (Å²) in [5.74, 6) is -1.25. The summed E-state index contributed by atoms with van der Waals surface area (Å²) in [5.41, 5.74) is 0. The largest absolute Gasteiger partial charge is 0.467 e. The monoisotopic (exact) mass is 292 g/mol. The molecule has 0 bridgehead atoms. The number of rotatable bonds is 5. The molecule has 1 fully saturated rings. The minimum atomic E-state index is -1.15. The average molecular weight is 292 g/mol. The van der Waals surface area contributed by atoms with Crippen molar-refractivity contribution in [3.63, 3.8) is 0 Å². The molecule has 1 aliphatic heterocycles. The van der Waals surface area contributed by atoms with Crippen LogP contribution in [0.1, 0.15) is 6.92 Å². The van der Waals surface area contributed by atoms with Gasteiger partial charge in [-0.15, -0.1) is 0 Å². The second-order valence-electron chi connectivity index (χ2n) is 4.16. The van der Waals surface area contributed by atoms with Crippen molar-refractivity contribution >= 4 is 11.9 Å². The molecule has 0 saturated carbocycles. The Morgan fingerprint density at radius 2 is 1.50 bits per heavy atom. The van der Waals surface area contributed by atoms with Crippen molar-refractivity contribution in [2.75, 3.05) is 28.4 Å². The van der Waals surface area contributed by atoms with Crippen LogP contribution in [-0.2, 0) is 38.0 Å². The highest BCUT2D eigenvalue weighted by atomic mass is 16.7. The summed E-state index contributed by atoms with van der Waals surface area (Å²) in [6.07, 6.45) is -4.37. The van der Waals surface area contributed by atoms with E-state index in [-0.39, 0.29) is 0 Å². The Balaban J connectivity index is 3.07. The van der Waals surface area contributed by atoms with E-state index in [9.17, 15) is 9.59 Å². The molecule has 5 atom stereocenters. The molecule has 1 aliphatic rings. The highest BCUT2D eigenvalue weighted by Gasteiger charge is 2.52. The van der Waals surface area contributed by atoms with Gasteiger partial charge in [-0.3, -0.25) is 4.79 Å². The van der Waals surface area contributed by atoms with Gasteiger partial charge in [0.25, 0.3) is 0 Å². The lowest BCUT2D eigenvalue weighted by atomic mass is 9.98. The molecule has 1 saturated heterocycles. The first-order chi connectivity index (χ1) is 9.49. The molecule has 8 heteroatoms. The van der Waals surface area contributed by atoms with Crippen LogP contribution in [0.4, 0.5) is 0 Å². The lowest BCUT2D eigenvalue weighted by Gasteiger charge is -2.42. The number of esters is 2. The molecule has 0 N–H and O–H groups in total. The topological polar surface area (TPSA) is 89.5 Å². The number of hydrogen-bond acceptors (Lipinski definition) is 8. The molecular formula is C12H20O8. The fourth-order valence-corrected chi connectivity index (χ4v) is 2.14. The van der Waals surface area contributed by atoms with Crippen LogP contribution in [0.3, 0.4) is 0 Å². The number of methoxy groups -OCH3 is 4. The molecule has 5 unspecified atom stereocenters. The van der Waals surface area contributed by atoms with Crippen LogP contribution in [0.5, 0.6) is 0 Å². The maximum absolute atomic E-state index is 11.8. The number of ether oxygens (including phenoxy) is 6. The van der Waals surface area contributed by atoms with Crippen molar-refractivity contribution in [3.05, 3.63) is 0 Å². The predicted molar refractivity (Wildman–Crippen MR) is 64.8 cm³/mol. The molecular weight excluding hydrogens is 272 g/mol. The highest BCUT2D eigenvalue weighted by Crippen LogP contribution is 2.28. The van der Waals surface area contributed by atoms with Gasteiger partial charge in [-0.05, 0) is 0 Å². The van der Waals surface area contributed by atoms with Gasteiger partial charge in [0.15, 0.2) is 18.5 Å². The van der Waals surface area contributed by atoms with Crippen molar-refractivity contribution in [3.8, 4) is 0 Å². The molecule has 1 heterocycles. The highest BCUT2D eigenvalue weighted by molar-refractivity contribution is 5.76. The van der Waals surface area contributed by atoms with Crippen LogP contribution < -0.4 is 0 Å². The zero-order valence-electron chi connectivity index (χ0n) is 12.2. The smallest absolute Gasteiger partial charge is 0.339 e. The first-order valence-electron chi connectivity index (χ1n) is 5.99. The minimum absolute atomic E-state index is 0.569. The van der Waals surface area contributed by atoms with Gasteiger partial charge < -0.3 is 28.4 Å². The quantitative estimate of drug-likeness (QED) is 0.626. The molecule has 1 rings (SSSR count). The van der Waals surface area contributed by atoms with Gasteiger partial charge in [-0.25, -0.2) is 4.79 Å². The summed E-state index contributed by atoms with van der Waals surface area (Å²) in [7, 11) is 5.47. The van der Waals surface area contributed by atoms with Crippen LogP contribution in [0.2, 0.25) is 0 Å². The standard InChI is InChI=1S/C12H20O8/c1-6(13)19-8-7(15-2)10(16-3)12(18-5)20-9(8)11(14)17-4/h7-10,12H,1-5H3. The Hall–Kier alpha value is -1.22. The molecule has 0 aromatic rings. The second kappa shape index (κ2) is 7.53. The molecule has 0 aromatic heterocycles. The van der Waals surface area contributed by atoms with Gasteiger partial charge >= 0.3 is 11.9 Å². The van der Waals surface area contributed by atoms with Gasteiger partial charge in [-0.2, -0.15) is 0 Å². The summed E-state index contributed by atoms with van der Waals surface area (Å²) < 4.78 is 30.9. The summed E-state index contributed by atoms with van der Waals surface area (Å²) in [6.45, 7) is 1.23. The lowest BCUT2D eigenvalue weighted by molar-refractivity contribution is -0.298. The zero-order chi connectivity index (χ0) is 15.3. The third-order valence-electron chi connectivity index (χ3n) is 3.01. The third-order valence-corrected chi connectivity index (χ3v) is 3.01. The zero-order valence-corrected chi connectivity index (χ0v) is 12.2. The molecule has 0 spiro atoms. The third kappa shape index (κ3) is 3.45. The second-order valence-corrected chi connectivity index (χ2v) is 4.16. The normalized spacial score (nSPS) is 33.5. The van der Waals surface area contributed by atoms with E-state index in [0.29, 0.717) is 0 Å². The first kappa shape index (κ1) is 16.8. The summed E-state index contributed by atoms with van der Waals surface area (Å²) in [6, 6.07) is 0. The first-order valence-corrected chi connectivity index (χ1v) is 5.99. The van der Waals surface area contributed by atoms with Crippen molar-refractivity contribution < 1.29 is 38.0 Å². The Kier molecular flexibility index (Phi) is 6.34. The van der Waals surface area contributed by atoms with E-state index in [0.717, 1.165) is 0 Å². The van der Waals surface area contributed by atoms with Crippen molar-refractivity contribution in [1.82, 2.24) is 0 Å². The van der Waals surface area contributed by atoms with E-state index in [1.807, 2.05) is 0 Å². The van der Waals surface area contributed by atoms with Crippen LogP contribution in [0, 0.1) is 0 Å². The average Bonchev–Trinajstić information content (AvgIpc) is 2.44. The van der Waals surface area contributed by atoms with Crippen LogP contribution in [-0.4, -0.2) is 71.1 Å². The SMILES string of the molecule is COC(=O)C1OC(OC)C(OC)C(OC)C1OC(C)=O. The van der Waals surface area contributed by atoms with Gasteiger partial charge in [-0.1, -0.05) is 0 Å². The minimum Gasteiger partial charge on any atom is -0.467 e.